The molecule has 0 bridgehead atoms. The van der Waals surface area contributed by atoms with Crippen molar-refractivity contribution < 1.29 is 9.59 Å². The maximum atomic E-state index is 12.3. The van der Waals surface area contributed by atoms with Crippen molar-refractivity contribution in [2.75, 3.05) is 6.54 Å². The molecule has 0 aliphatic carbocycles. The van der Waals surface area contributed by atoms with Crippen LogP contribution in [0.25, 0.3) is 6.08 Å². The minimum absolute atomic E-state index is 0.261. The second-order valence-corrected chi connectivity index (χ2v) is 5.98. The van der Waals surface area contributed by atoms with Crippen LogP contribution in [-0.4, -0.2) is 18.4 Å². The number of unbranched alkanes of at least 4 members (excludes halogenated alkanes) is 1. The Kier molecular flexibility index (Phi) is 6.56. The standard InChI is InChI=1S/C18H20N2O2S/c1-2-3-11-19-18(22)16(13-15-10-7-12-23-15)20-17(21)14-8-5-4-6-9-14/h4-10,12-13H,2-3,11H2,1H3,(H,19,22)(H,20,21). The van der Waals surface area contributed by atoms with E-state index in [9.17, 15) is 9.59 Å². The van der Waals surface area contributed by atoms with Crippen molar-refractivity contribution in [3.63, 3.8) is 0 Å². The molecule has 2 rings (SSSR count). The van der Waals surface area contributed by atoms with E-state index in [4.69, 9.17) is 0 Å². The molecule has 0 radical (unpaired) electrons. The van der Waals surface area contributed by atoms with Crippen LogP contribution >= 0.6 is 11.3 Å². The third kappa shape index (κ3) is 5.38. The van der Waals surface area contributed by atoms with Crippen molar-refractivity contribution in [3.05, 3.63) is 64.0 Å². The molecule has 2 N–H and O–H groups in total. The smallest absolute Gasteiger partial charge is 0.267 e. The molecule has 2 aromatic rings. The molecule has 0 saturated carbocycles. The molecule has 0 spiro atoms. The molecule has 0 aliphatic heterocycles. The zero-order chi connectivity index (χ0) is 16.5. The van der Waals surface area contributed by atoms with Crippen LogP contribution in [0.15, 0.2) is 53.5 Å². The molecule has 0 atom stereocenters. The predicted molar refractivity (Wildman–Crippen MR) is 94.1 cm³/mol. The second-order valence-electron chi connectivity index (χ2n) is 5.00. The van der Waals surface area contributed by atoms with Gasteiger partial charge in [-0.3, -0.25) is 9.59 Å². The monoisotopic (exact) mass is 328 g/mol. The lowest BCUT2D eigenvalue weighted by atomic mass is 10.2. The number of carbonyl (C=O) groups is 2. The molecule has 0 saturated heterocycles. The molecule has 4 nitrogen and oxygen atoms in total. The van der Waals surface area contributed by atoms with Crippen molar-refractivity contribution in [3.8, 4) is 0 Å². The molecular weight excluding hydrogens is 308 g/mol. The fraction of sp³-hybridized carbons (Fsp3) is 0.222. The highest BCUT2D eigenvalue weighted by molar-refractivity contribution is 7.10. The van der Waals surface area contributed by atoms with Gasteiger partial charge in [-0.15, -0.1) is 11.3 Å². The topological polar surface area (TPSA) is 58.2 Å². The van der Waals surface area contributed by atoms with Gasteiger partial charge in [0.05, 0.1) is 0 Å². The molecule has 0 aliphatic rings. The van der Waals surface area contributed by atoms with E-state index in [0.717, 1.165) is 17.7 Å². The van der Waals surface area contributed by atoms with E-state index in [1.165, 1.54) is 11.3 Å². The van der Waals surface area contributed by atoms with Crippen LogP contribution in [0.3, 0.4) is 0 Å². The van der Waals surface area contributed by atoms with Gasteiger partial charge in [-0.2, -0.15) is 0 Å². The van der Waals surface area contributed by atoms with Crippen molar-refractivity contribution in [1.29, 1.82) is 0 Å². The Morgan fingerprint density at radius 2 is 1.91 bits per heavy atom. The Balaban J connectivity index is 2.13. The molecule has 23 heavy (non-hydrogen) atoms. The predicted octanol–water partition coefficient (Wildman–Crippen LogP) is 3.44. The fourth-order valence-electron chi connectivity index (χ4n) is 1.93. The average Bonchev–Trinajstić information content (AvgIpc) is 3.08. The Morgan fingerprint density at radius 1 is 1.13 bits per heavy atom. The molecule has 1 aromatic heterocycles. The van der Waals surface area contributed by atoms with E-state index in [0.29, 0.717) is 12.1 Å². The van der Waals surface area contributed by atoms with E-state index in [-0.39, 0.29) is 17.5 Å². The molecule has 5 heteroatoms. The average molecular weight is 328 g/mol. The number of benzene rings is 1. The quantitative estimate of drug-likeness (QED) is 0.604. The summed E-state index contributed by atoms with van der Waals surface area (Å²) in [5.41, 5.74) is 0.781. The highest BCUT2D eigenvalue weighted by Crippen LogP contribution is 2.13. The van der Waals surface area contributed by atoms with Crippen molar-refractivity contribution >= 4 is 29.2 Å². The second kappa shape index (κ2) is 8.90. The maximum absolute atomic E-state index is 12.3. The van der Waals surface area contributed by atoms with Crippen LogP contribution in [0.1, 0.15) is 35.0 Å². The van der Waals surface area contributed by atoms with Crippen LogP contribution in [-0.2, 0) is 4.79 Å². The summed E-state index contributed by atoms with van der Waals surface area (Å²) in [6, 6.07) is 12.7. The van der Waals surface area contributed by atoms with Gasteiger partial charge >= 0.3 is 0 Å². The SMILES string of the molecule is CCCCNC(=O)C(=Cc1cccs1)NC(=O)c1ccccc1. The summed E-state index contributed by atoms with van der Waals surface area (Å²) in [5.74, 6) is -0.560. The van der Waals surface area contributed by atoms with Crippen molar-refractivity contribution in [2.45, 2.75) is 19.8 Å². The highest BCUT2D eigenvalue weighted by atomic mass is 32.1. The van der Waals surface area contributed by atoms with Gasteiger partial charge in [0.2, 0.25) is 0 Å². The van der Waals surface area contributed by atoms with Crippen LogP contribution < -0.4 is 10.6 Å². The van der Waals surface area contributed by atoms with E-state index in [1.54, 1.807) is 30.3 Å². The third-order valence-corrected chi connectivity index (χ3v) is 3.99. The number of carbonyl (C=O) groups excluding carboxylic acids is 2. The van der Waals surface area contributed by atoms with Crippen LogP contribution in [0.2, 0.25) is 0 Å². The number of rotatable bonds is 7. The molecule has 0 fully saturated rings. The largest absolute Gasteiger partial charge is 0.351 e. The molecule has 0 unspecified atom stereocenters. The Hall–Kier alpha value is -2.40. The number of hydrogen-bond acceptors (Lipinski definition) is 3. The van der Waals surface area contributed by atoms with E-state index < -0.39 is 0 Å². The first-order valence-electron chi connectivity index (χ1n) is 7.60. The molecular formula is C18H20N2O2S. The van der Waals surface area contributed by atoms with Gasteiger partial charge in [-0.1, -0.05) is 37.6 Å². The lowest BCUT2D eigenvalue weighted by Gasteiger charge is -2.10. The highest BCUT2D eigenvalue weighted by Gasteiger charge is 2.14. The first kappa shape index (κ1) is 17.0. The summed E-state index contributed by atoms with van der Waals surface area (Å²) < 4.78 is 0. The fourth-order valence-corrected chi connectivity index (χ4v) is 2.59. The van der Waals surface area contributed by atoms with Crippen molar-refractivity contribution in [1.82, 2.24) is 10.6 Å². The van der Waals surface area contributed by atoms with Crippen molar-refractivity contribution in [2.24, 2.45) is 0 Å². The van der Waals surface area contributed by atoms with E-state index in [1.807, 2.05) is 23.6 Å². The van der Waals surface area contributed by atoms with Crippen LogP contribution in [0.5, 0.6) is 0 Å². The molecule has 120 valence electrons. The lowest BCUT2D eigenvalue weighted by Crippen LogP contribution is -2.35. The van der Waals surface area contributed by atoms with E-state index in [2.05, 4.69) is 17.6 Å². The maximum Gasteiger partial charge on any atom is 0.267 e. The third-order valence-electron chi connectivity index (χ3n) is 3.17. The minimum atomic E-state index is -0.293. The zero-order valence-electron chi connectivity index (χ0n) is 13.0. The number of amides is 2. The number of hydrogen-bond donors (Lipinski definition) is 2. The summed E-state index contributed by atoms with van der Waals surface area (Å²) in [7, 11) is 0. The summed E-state index contributed by atoms with van der Waals surface area (Å²) in [6.07, 6.45) is 3.61. The van der Waals surface area contributed by atoms with Gasteiger partial charge in [-0.25, -0.2) is 0 Å². The molecule has 2 amide bonds. The van der Waals surface area contributed by atoms with E-state index >= 15 is 0 Å². The number of thiophene rings is 1. The Morgan fingerprint density at radius 3 is 2.57 bits per heavy atom. The first-order valence-corrected chi connectivity index (χ1v) is 8.48. The normalized spacial score (nSPS) is 11.1. The van der Waals surface area contributed by atoms with Gasteiger partial charge in [-0.05, 0) is 36.1 Å². The Labute approximate surface area is 140 Å². The van der Waals surface area contributed by atoms with Gasteiger partial charge in [0, 0.05) is 17.0 Å². The summed E-state index contributed by atoms with van der Waals surface area (Å²) in [6.45, 7) is 2.66. The summed E-state index contributed by atoms with van der Waals surface area (Å²) in [4.78, 5) is 25.5. The lowest BCUT2D eigenvalue weighted by molar-refractivity contribution is -0.117. The van der Waals surface area contributed by atoms with Gasteiger partial charge in [0.25, 0.3) is 11.8 Å². The van der Waals surface area contributed by atoms with Gasteiger partial charge in [0.1, 0.15) is 5.70 Å². The summed E-state index contributed by atoms with van der Waals surface area (Å²) >= 11 is 1.51. The van der Waals surface area contributed by atoms with Gasteiger partial charge in [0.15, 0.2) is 0 Å². The number of nitrogens with one attached hydrogen (secondary N) is 2. The Bertz CT molecular complexity index is 664. The zero-order valence-corrected chi connectivity index (χ0v) is 13.9. The minimum Gasteiger partial charge on any atom is -0.351 e. The molecule has 1 heterocycles. The van der Waals surface area contributed by atoms with Crippen LogP contribution in [0, 0.1) is 0 Å². The molecule has 1 aromatic carbocycles. The van der Waals surface area contributed by atoms with Gasteiger partial charge < -0.3 is 10.6 Å². The first-order chi connectivity index (χ1) is 11.2. The van der Waals surface area contributed by atoms with Crippen LogP contribution in [0.4, 0.5) is 0 Å². The summed E-state index contributed by atoms with van der Waals surface area (Å²) in [5, 5.41) is 7.48.